The molecule has 1 aromatic carbocycles. The Morgan fingerprint density at radius 1 is 0.970 bits per heavy atom. The van der Waals surface area contributed by atoms with E-state index in [9.17, 15) is 14.4 Å². The van der Waals surface area contributed by atoms with Crippen LogP contribution in [0.3, 0.4) is 0 Å². The Morgan fingerprint density at radius 3 is 2.33 bits per heavy atom. The van der Waals surface area contributed by atoms with E-state index in [2.05, 4.69) is 31.2 Å². The van der Waals surface area contributed by atoms with Crippen molar-refractivity contribution in [2.75, 3.05) is 13.7 Å². The van der Waals surface area contributed by atoms with Gasteiger partial charge in [0.1, 0.15) is 5.41 Å². The summed E-state index contributed by atoms with van der Waals surface area (Å²) in [6, 6.07) is 8.52. The Morgan fingerprint density at radius 2 is 1.67 bits per heavy atom. The fourth-order valence-electron chi connectivity index (χ4n) is 5.18. The number of unbranched alkanes of at least 4 members (excludes halogenated alkanes) is 6. The van der Waals surface area contributed by atoms with E-state index in [4.69, 9.17) is 9.47 Å². The Hall–Kier alpha value is -2.17. The number of benzene rings is 1. The molecule has 5 heteroatoms. The normalized spacial score (nSPS) is 20.1. The summed E-state index contributed by atoms with van der Waals surface area (Å²) in [5.74, 6) is -0.686. The third kappa shape index (κ3) is 7.41. The van der Waals surface area contributed by atoms with Crippen molar-refractivity contribution in [2.45, 2.75) is 103 Å². The molecule has 184 valence electrons. The van der Waals surface area contributed by atoms with E-state index < -0.39 is 11.4 Å². The van der Waals surface area contributed by atoms with Crippen molar-refractivity contribution in [3.63, 3.8) is 0 Å². The maximum absolute atomic E-state index is 13.1. The van der Waals surface area contributed by atoms with E-state index in [1.807, 2.05) is 0 Å². The summed E-state index contributed by atoms with van der Waals surface area (Å²) in [7, 11) is 1.38. The minimum Gasteiger partial charge on any atom is -0.468 e. The first-order chi connectivity index (χ1) is 16.0. The number of hydrogen-bond donors (Lipinski definition) is 0. The van der Waals surface area contributed by atoms with Crippen LogP contribution in [0.2, 0.25) is 0 Å². The summed E-state index contributed by atoms with van der Waals surface area (Å²) in [6.45, 7) is 4.43. The van der Waals surface area contributed by atoms with Crippen molar-refractivity contribution in [2.24, 2.45) is 5.41 Å². The predicted molar refractivity (Wildman–Crippen MR) is 130 cm³/mol. The van der Waals surface area contributed by atoms with Crippen LogP contribution < -0.4 is 0 Å². The Kier molecular flexibility index (Phi) is 11.6. The molecule has 1 saturated carbocycles. The van der Waals surface area contributed by atoms with Crippen LogP contribution >= 0.6 is 0 Å². The summed E-state index contributed by atoms with van der Waals surface area (Å²) in [5.41, 5.74) is 1.29. The molecule has 0 heterocycles. The highest BCUT2D eigenvalue weighted by Crippen LogP contribution is 2.51. The maximum atomic E-state index is 13.1. The number of esters is 2. The van der Waals surface area contributed by atoms with Gasteiger partial charge >= 0.3 is 11.9 Å². The van der Waals surface area contributed by atoms with Crippen LogP contribution in [0.15, 0.2) is 24.3 Å². The van der Waals surface area contributed by atoms with Gasteiger partial charge in [-0.05, 0) is 50.2 Å². The van der Waals surface area contributed by atoms with Gasteiger partial charge in [0.05, 0.1) is 13.7 Å². The second kappa shape index (κ2) is 14.2. The van der Waals surface area contributed by atoms with Crippen LogP contribution in [0.1, 0.15) is 108 Å². The lowest BCUT2D eigenvalue weighted by Crippen LogP contribution is -2.40. The molecule has 2 atom stereocenters. The highest BCUT2D eigenvalue weighted by molar-refractivity contribution is 6.06. The van der Waals surface area contributed by atoms with Crippen molar-refractivity contribution >= 4 is 17.7 Å². The molecule has 0 N–H and O–H groups in total. The van der Waals surface area contributed by atoms with Crippen LogP contribution in [0, 0.1) is 5.41 Å². The SMILES string of the molecule is CCCCCCc1ccc([C@H]2CCC(=O)C2(CCCCCCC(=O)OCC)C(=O)OC)cc1. The molecule has 1 aliphatic carbocycles. The van der Waals surface area contributed by atoms with Gasteiger partial charge in [0.25, 0.3) is 0 Å². The molecule has 0 amide bonds. The summed E-state index contributed by atoms with van der Waals surface area (Å²) in [4.78, 5) is 37.5. The molecule has 1 aromatic rings. The number of carbonyl (C=O) groups is 3. The van der Waals surface area contributed by atoms with Gasteiger partial charge in [-0.25, -0.2) is 0 Å². The molecule has 33 heavy (non-hydrogen) atoms. The smallest absolute Gasteiger partial charge is 0.319 e. The van der Waals surface area contributed by atoms with Crippen LogP contribution in [0.5, 0.6) is 0 Å². The highest BCUT2D eigenvalue weighted by Gasteiger charge is 2.56. The van der Waals surface area contributed by atoms with E-state index in [1.165, 1.54) is 38.4 Å². The Balaban J connectivity index is 2.02. The minimum absolute atomic E-state index is 0.00881. The quantitative estimate of drug-likeness (QED) is 0.175. The van der Waals surface area contributed by atoms with Gasteiger partial charge < -0.3 is 9.47 Å². The third-order valence-corrected chi connectivity index (χ3v) is 7.01. The fourth-order valence-corrected chi connectivity index (χ4v) is 5.18. The van der Waals surface area contributed by atoms with Gasteiger partial charge in [-0.1, -0.05) is 69.7 Å². The predicted octanol–water partition coefficient (Wildman–Crippen LogP) is 6.32. The van der Waals surface area contributed by atoms with Gasteiger partial charge in [0.2, 0.25) is 0 Å². The maximum Gasteiger partial charge on any atom is 0.319 e. The second-order valence-electron chi connectivity index (χ2n) is 9.25. The molecule has 1 unspecified atom stereocenters. The van der Waals surface area contributed by atoms with Crippen LogP contribution in [-0.2, 0) is 30.3 Å². The highest BCUT2D eigenvalue weighted by atomic mass is 16.5. The lowest BCUT2D eigenvalue weighted by atomic mass is 9.70. The number of aryl methyl sites for hydroxylation is 1. The molecule has 5 nitrogen and oxygen atoms in total. The number of carbonyl (C=O) groups excluding carboxylic acids is 3. The second-order valence-corrected chi connectivity index (χ2v) is 9.25. The molecule has 1 aliphatic rings. The van der Waals surface area contributed by atoms with Crippen LogP contribution in [-0.4, -0.2) is 31.4 Å². The molecule has 0 saturated heterocycles. The molecule has 0 spiro atoms. The summed E-state index contributed by atoms with van der Waals surface area (Å²) >= 11 is 0. The van der Waals surface area contributed by atoms with E-state index in [1.54, 1.807) is 6.92 Å². The number of methoxy groups -OCH3 is 1. The zero-order valence-electron chi connectivity index (χ0n) is 20.8. The van der Waals surface area contributed by atoms with E-state index in [-0.39, 0.29) is 17.7 Å². The standard InChI is InChI=1S/C28H42O5/c1-4-6-7-10-13-22-15-17-23(18-16-22)24-19-20-25(29)28(24,27(31)32-3)21-12-9-8-11-14-26(30)33-5-2/h15-18,24H,4-14,19-21H2,1-3H3/t24-,28?/m1/s1. The van der Waals surface area contributed by atoms with Crippen molar-refractivity contribution in [3.8, 4) is 0 Å². The van der Waals surface area contributed by atoms with E-state index in [0.717, 1.165) is 37.7 Å². The van der Waals surface area contributed by atoms with E-state index in [0.29, 0.717) is 32.3 Å². The van der Waals surface area contributed by atoms with Gasteiger partial charge in [0, 0.05) is 18.8 Å². The molecule has 2 rings (SSSR count). The van der Waals surface area contributed by atoms with Gasteiger partial charge in [-0.15, -0.1) is 0 Å². The Labute approximate surface area is 199 Å². The van der Waals surface area contributed by atoms with Crippen molar-refractivity contribution in [3.05, 3.63) is 35.4 Å². The average molecular weight is 459 g/mol. The molecule has 0 radical (unpaired) electrons. The number of ketones is 1. The van der Waals surface area contributed by atoms with E-state index >= 15 is 0 Å². The summed E-state index contributed by atoms with van der Waals surface area (Å²) in [5, 5.41) is 0. The topological polar surface area (TPSA) is 69.7 Å². The zero-order chi connectivity index (χ0) is 24.1. The molecular formula is C28H42O5. The lowest BCUT2D eigenvalue weighted by Gasteiger charge is -2.32. The monoisotopic (exact) mass is 458 g/mol. The van der Waals surface area contributed by atoms with Crippen molar-refractivity contribution in [1.29, 1.82) is 0 Å². The zero-order valence-corrected chi connectivity index (χ0v) is 20.8. The minimum atomic E-state index is -1.08. The van der Waals surface area contributed by atoms with Gasteiger partial charge in [-0.2, -0.15) is 0 Å². The molecule has 0 aliphatic heterocycles. The lowest BCUT2D eigenvalue weighted by molar-refractivity contribution is -0.158. The first-order valence-electron chi connectivity index (χ1n) is 12.9. The van der Waals surface area contributed by atoms with Crippen LogP contribution in [0.4, 0.5) is 0 Å². The average Bonchev–Trinajstić information content (AvgIpc) is 3.16. The first-order valence-corrected chi connectivity index (χ1v) is 12.9. The van der Waals surface area contributed by atoms with Crippen molar-refractivity contribution < 1.29 is 23.9 Å². The van der Waals surface area contributed by atoms with Crippen molar-refractivity contribution in [1.82, 2.24) is 0 Å². The number of hydrogen-bond acceptors (Lipinski definition) is 5. The number of ether oxygens (including phenoxy) is 2. The first kappa shape index (κ1) is 27.1. The molecule has 1 fully saturated rings. The number of rotatable bonds is 15. The Bertz CT molecular complexity index is 754. The largest absolute Gasteiger partial charge is 0.468 e. The fraction of sp³-hybridized carbons (Fsp3) is 0.679. The molecule has 0 bridgehead atoms. The third-order valence-electron chi connectivity index (χ3n) is 7.01. The summed E-state index contributed by atoms with van der Waals surface area (Å²) in [6.07, 6.45) is 11.3. The molecular weight excluding hydrogens is 416 g/mol. The number of Topliss-reactive ketones (excluding diaryl/α,β-unsaturated/α-hetero) is 1. The summed E-state index contributed by atoms with van der Waals surface area (Å²) < 4.78 is 10.1. The van der Waals surface area contributed by atoms with Gasteiger partial charge in [-0.3, -0.25) is 14.4 Å². The molecule has 0 aromatic heterocycles. The van der Waals surface area contributed by atoms with Gasteiger partial charge in [0.15, 0.2) is 5.78 Å². The van der Waals surface area contributed by atoms with Crippen LogP contribution in [0.25, 0.3) is 0 Å².